The number of thiophene rings is 1. The van der Waals surface area contributed by atoms with E-state index in [1.54, 1.807) is 6.92 Å². The Morgan fingerprint density at radius 2 is 2.00 bits per heavy atom. The van der Waals surface area contributed by atoms with Crippen molar-refractivity contribution in [1.82, 2.24) is 0 Å². The molecule has 1 aliphatic carbocycles. The normalized spacial score (nSPS) is 15.8. The summed E-state index contributed by atoms with van der Waals surface area (Å²) in [6.45, 7) is 3.50. The molecule has 26 heavy (non-hydrogen) atoms. The predicted octanol–water partition coefficient (Wildman–Crippen LogP) is 2.35. The highest BCUT2D eigenvalue weighted by Gasteiger charge is 2.24. The highest BCUT2D eigenvalue weighted by atomic mass is 32.1. The lowest BCUT2D eigenvalue weighted by Gasteiger charge is -2.17. The van der Waals surface area contributed by atoms with Crippen molar-refractivity contribution in [3.05, 3.63) is 28.2 Å². The molecule has 1 aliphatic rings. The standard InChI is InChI=1S/C18H20N2O5S/c1-3-24-16(22)6-7-17(23)25-10-15(21)20-18-13(9-19)12-5-4-11(2)8-14(12)26-18/h6-7,11H,3-5,8,10H2,1-2H3,(H,20,21). The van der Waals surface area contributed by atoms with Crippen molar-refractivity contribution in [3.63, 3.8) is 0 Å². The van der Waals surface area contributed by atoms with Crippen LogP contribution >= 0.6 is 11.3 Å². The summed E-state index contributed by atoms with van der Waals surface area (Å²) >= 11 is 1.40. The van der Waals surface area contributed by atoms with Crippen molar-refractivity contribution < 1.29 is 23.9 Å². The highest BCUT2D eigenvalue weighted by Crippen LogP contribution is 2.39. The molecule has 1 heterocycles. The van der Waals surface area contributed by atoms with Gasteiger partial charge < -0.3 is 14.8 Å². The number of hydrogen-bond acceptors (Lipinski definition) is 7. The number of nitrogens with zero attached hydrogens (tertiary/aromatic N) is 1. The van der Waals surface area contributed by atoms with Gasteiger partial charge in [0.25, 0.3) is 5.91 Å². The Morgan fingerprint density at radius 3 is 2.65 bits per heavy atom. The topological polar surface area (TPSA) is 105 Å². The predicted molar refractivity (Wildman–Crippen MR) is 95.6 cm³/mol. The summed E-state index contributed by atoms with van der Waals surface area (Å²) in [6, 6.07) is 2.16. The fraction of sp³-hybridized carbons (Fsp3) is 0.444. The minimum atomic E-state index is -0.826. The molecule has 1 atom stereocenters. The van der Waals surface area contributed by atoms with Crippen LogP contribution < -0.4 is 5.32 Å². The minimum absolute atomic E-state index is 0.200. The molecule has 0 aliphatic heterocycles. The maximum Gasteiger partial charge on any atom is 0.331 e. The molecule has 0 spiro atoms. The van der Waals surface area contributed by atoms with E-state index in [2.05, 4.69) is 23.0 Å². The summed E-state index contributed by atoms with van der Waals surface area (Å²) in [5, 5.41) is 12.5. The van der Waals surface area contributed by atoms with Gasteiger partial charge in [-0.2, -0.15) is 5.26 Å². The number of hydrogen-bond donors (Lipinski definition) is 1. The molecule has 1 N–H and O–H groups in total. The third-order valence-electron chi connectivity index (χ3n) is 3.86. The van der Waals surface area contributed by atoms with Gasteiger partial charge in [0.05, 0.1) is 12.2 Å². The number of nitrogens with one attached hydrogen (secondary N) is 1. The Morgan fingerprint density at radius 1 is 1.31 bits per heavy atom. The van der Waals surface area contributed by atoms with Crippen LogP contribution in [0.25, 0.3) is 0 Å². The zero-order valence-corrected chi connectivity index (χ0v) is 15.5. The molecule has 1 amide bonds. The fourth-order valence-corrected chi connectivity index (χ4v) is 4.01. The summed E-state index contributed by atoms with van der Waals surface area (Å²) in [5.41, 5.74) is 1.51. The van der Waals surface area contributed by atoms with Gasteiger partial charge in [-0.05, 0) is 37.7 Å². The number of rotatable bonds is 6. The molecule has 0 saturated carbocycles. The van der Waals surface area contributed by atoms with Gasteiger partial charge in [0.2, 0.25) is 0 Å². The number of fused-ring (bicyclic) bond motifs is 1. The van der Waals surface area contributed by atoms with Crippen molar-refractivity contribution >= 4 is 34.2 Å². The summed E-state index contributed by atoms with van der Waals surface area (Å²) in [4.78, 5) is 35.7. The molecule has 2 rings (SSSR count). The van der Waals surface area contributed by atoms with Gasteiger partial charge in [0, 0.05) is 17.0 Å². The number of esters is 2. The van der Waals surface area contributed by atoms with Crippen LogP contribution in [-0.2, 0) is 36.7 Å². The Balaban J connectivity index is 1.91. The molecule has 1 unspecified atom stereocenters. The largest absolute Gasteiger partial charge is 0.463 e. The average molecular weight is 376 g/mol. The molecule has 0 saturated heterocycles. The maximum absolute atomic E-state index is 12.0. The summed E-state index contributed by atoms with van der Waals surface area (Å²) in [5.74, 6) is -1.46. The van der Waals surface area contributed by atoms with E-state index < -0.39 is 24.5 Å². The zero-order chi connectivity index (χ0) is 19.1. The molecule has 1 aromatic heterocycles. The van der Waals surface area contributed by atoms with Gasteiger partial charge in [-0.15, -0.1) is 11.3 Å². The van der Waals surface area contributed by atoms with Crippen molar-refractivity contribution in [1.29, 1.82) is 5.26 Å². The Hall–Kier alpha value is -2.66. The highest BCUT2D eigenvalue weighted by molar-refractivity contribution is 7.16. The van der Waals surface area contributed by atoms with Crippen LogP contribution in [0.15, 0.2) is 12.2 Å². The Bertz CT molecular complexity index is 775. The lowest BCUT2D eigenvalue weighted by molar-refractivity contribution is -0.143. The summed E-state index contributed by atoms with van der Waals surface area (Å²) < 4.78 is 9.40. The van der Waals surface area contributed by atoms with E-state index in [4.69, 9.17) is 4.74 Å². The van der Waals surface area contributed by atoms with Crippen molar-refractivity contribution in [2.24, 2.45) is 5.92 Å². The molecule has 0 bridgehead atoms. The van der Waals surface area contributed by atoms with E-state index >= 15 is 0 Å². The van der Waals surface area contributed by atoms with Crippen LogP contribution in [0.2, 0.25) is 0 Å². The van der Waals surface area contributed by atoms with Gasteiger partial charge in [-0.1, -0.05) is 6.92 Å². The first-order chi connectivity index (χ1) is 12.4. The second-order valence-electron chi connectivity index (χ2n) is 5.91. The summed E-state index contributed by atoms with van der Waals surface area (Å²) in [6.07, 6.45) is 4.59. The molecule has 7 nitrogen and oxygen atoms in total. The van der Waals surface area contributed by atoms with Crippen LogP contribution in [-0.4, -0.2) is 31.1 Å². The SMILES string of the molecule is CCOC(=O)C=CC(=O)OCC(=O)Nc1sc2c(c1C#N)CCC(C)C2. The van der Waals surface area contributed by atoms with E-state index in [1.807, 2.05) is 0 Å². The number of nitriles is 1. The number of ether oxygens (including phenoxy) is 2. The minimum Gasteiger partial charge on any atom is -0.463 e. The first-order valence-corrected chi connectivity index (χ1v) is 9.12. The lowest BCUT2D eigenvalue weighted by atomic mass is 9.89. The lowest BCUT2D eigenvalue weighted by Crippen LogP contribution is -2.20. The number of amides is 1. The van der Waals surface area contributed by atoms with Gasteiger partial charge in [0.1, 0.15) is 11.1 Å². The first kappa shape index (κ1) is 19.7. The molecule has 0 radical (unpaired) electrons. The first-order valence-electron chi connectivity index (χ1n) is 8.30. The molecular weight excluding hydrogens is 356 g/mol. The van der Waals surface area contributed by atoms with Gasteiger partial charge in [0.15, 0.2) is 6.61 Å². The molecule has 0 aromatic carbocycles. The van der Waals surface area contributed by atoms with Crippen LogP contribution in [0.3, 0.4) is 0 Å². The molecule has 1 aromatic rings. The van der Waals surface area contributed by atoms with E-state index in [9.17, 15) is 19.6 Å². The molecule has 8 heteroatoms. The Labute approximate surface area is 155 Å². The monoisotopic (exact) mass is 376 g/mol. The van der Waals surface area contributed by atoms with Crippen molar-refractivity contribution in [2.45, 2.75) is 33.1 Å². The van der Waals surface area contributed by atoms with Gasteiger partial charge in [-0.3, -0.25) is 4.79 Å². The average Bonchev–Trinajstić information content (AvgIpc) is 2.94. The number of carbonyl (C=O) groups excluding carboxylic acids is 3. The quantitative estimate of drug-likeness (QED) is 0.603. The fourth-order valence-electron chi connectivity index (χ4n) is 2.63. The van der Waals surface area contributed by atoms with E-state index in [1.165, 1.54) is 11.3 Å². The third kappa shape index (κ3) is 5.17. The zero-order valence-electron chi connectivity index (χ0n) is 14.7. The second-order valence-corrected chi connectivity index (χ2v) is 7.01. The van der Waals surface area contributed by atoms with Crippen LogP contribution in [0, 0.1) is 17.2 Å². The van der Waals surface area contributed by atoms with Gasteiger partial charge >= 0.3 is 11.9 Å². The molecule has 138 valence electrons. The molecule has 0 fully saturated rings. The Kier molecular flexibility index (Phi) is 6.92. The van der Waals surface area contributed by atoms with Crippen LogP contribution in [0.5, 0.6) is 0 Å². The van der Waals surface area contributed by atoms with E-state index in [0.717, 1.165) is 41.9 Å². The van der Waals surface area contributed by atoms with E-state index in [-0.39, 0.29) is 6.61 Å². The van der Waals surface area contributed by atoms with Crippen LogP contribution in [0.1, 0.15) is 36.3 Å². The number of carbonyl (C=O) groups is 3. The maximum atomic E-state index is 12.0. The second kappa shape index (κ2) is 9.15. The van der Waals surface area contributed by atoms with Crippen LogP contribution in [0.4, 0.5) is 5.00 Å². The number of anilines is 1. The smallest absolute Gasteiger partial charge is 0.331 e. The van der Waals surface area contributed by atoms with Crippen molar-refractivity contribution in [3.8, 4) is 6.07 Å². The third-order valence-corrected chi connectivity index (χ3v) is 5.03. The van der Waals surface area contributed by atoms with Crippen molar-refractivity contribution in [2.75, 3.05) is 18.5 Å². The van der Waals surface area contributed by atoms with Gasteiger partial charge in [-0.25, -0.2) is 9.59 Å². The summed E-state index contributed by atoms with van der Waals surface area (Å²) in [7, 11) is 0. The van der Waals surface area contributed by atoms with E-state index in [0.29, 0.717) is 16.5 Å². The molecular formula is C18H20N2O5S.